The van der Waals surface area contributed by atoms with Gasteiger partial charge in [0, 0.05) is 53.2 Å². The molecule has 0 amide bonds. The Labute approximate surface area is 158 Å². The summed E-state index contributed by atoms with van der Waals surface area (Å²) in [7, 11) is 0.460. The van der Waals surface area contributed by atoms with Crippen LogP contribution < -0.4 is 0 Å². The van der Waals surface area contributed by atoms with Gasteiger partial charge < -0.3 is 26.6 Å². The Morgan fingerprint density at radius 2 is 1.00 bits per heavy atom. The van der Waals surface area contributed by atoms with E-state index in [4.69, 9.17) is 26.6 Å². The highest BCUT2D eigenvalue weighted by Crippen LogP contribution is 2.17. The summed E-state index contributed by atoms with van der Waals surface area (Å²) >= 11 is 0. The standard InChI is InChI=1S/C9H22O3Si.C8H20O3Si/c1-5-6-7-8-9-13(10-2,11-3)12-4;1-5-9-12(8-4,10-6-2)11-7-3/h5-9H2,1-4H3;5-8H2,1-4H3. The molecule has 154 valence electrons. The maximum absolute atomic E-state index is 5.55. The molecule has 0 aliphatic heterocycles. The lowest BCUT2D eigenvalue weighted by atomic mass is 10.2. The van der Waals surface area contributed by atoms with E-state index in [2.05, 4.69) is 6.92 Å². The Kier molecular flexibility index (Phi) is 19.3. The van der Waals surface area contributed by atoms with E-state index in [1.54, 1.807) is 21.3 Å². The fourth-order valence-electron chi connectivity index (χ4n) is 2.42. The van der Waals surface area contributed by atoms with Crippen molar-refractivity contribution in [3.8, 4) is 0 Å². The Morgan fingerprint density at radius 3 is 1.28 bits per heavy atom. The van der Waals surface area contributed by atoms with Crippen LogP contribution in [0.25, 0.3) is 0 Å². The second kappa shape index (κ2) is 17.6. The van der Waals surface area contributed by atoms with Gasteiger partial charge in [0.1, 0.15) is 0 Å². The van der Waals surface area contributed by atoms with Gasteiger partial charge >= 0.3 is 17.6 Å². The third-order valence-corrected chi connectivity index (χ3v) is 9.68. The largest absolute Gasteiger partial charge is 0.500 e. The topological polar surface area (TPSA) is 55.4 Å². The summed E-state index contributed by atoms with van der Waals surface area (Å²) in [6, 6.07) is 1.78. The van der Waals surface area contributed by atoms with Crippen molar-refractivity contribution in [3.63, 3.8) is 0 Å². The maximum atomic E-state index is 5.55. The van der Waals surface area contributed by atoms with Crippen LogP contribution in [0.3, 0.4) is 0 Å². The SMILES string of the molecule is CCCCCC[Si](OC)(OC)OC.CCO[Si](CC)(OCC)OCC. The molecule has 0 rings (SSSR count). The molecule has 0 atom stereocenters. The van der Waals surface area contributed by atoms with Crippen molar-refractivity contribution in [2.75, 3.05) is 41.2 Å². The van der Waals surface area contributed by atoms with Crippen LogP contribution in [0.1, 0.15) is 60.3 Å². The third kappa shape index (κ3) is 12.2. The molecule has 0 aromatic heterocycles. The van der Waals surface area contributed by atoms with E-state index in [9.17, 15) is 0 Å². The third-order valence-electron chi connectivity index (χ3n) is 3.80. The van der Waals surface area contributed by atoms with Crippen LogP contribution >= 0.6 is 0 Å². The van der Waals surface area contributed by atoms with Crippen molar-refractivity contribution < 1.29 is 26.6 Å². The second-order valence-electron chi connectivity index (χ2n) is 5.44. The Morgan fingerprint density at radius 1 is 0.560 bits per heavy atom. The first-order valence-electron chi connectivity index (χ1n) is 9.56. The van der Waals surface area contributed by atoms with Gasteiger partial charge in [0.25, 0.3) is 0 Å². The van der Waals surface area contributed by atoms with Gasteiger partial charge in [-0.3, -0.25) is 0 Å². The number of rotatable bonds is 15. The lowest BCUT2D eigenvalue weighted by molar-refractivity contribution is 0.0725. The van der Waals surface area contributed by atoms with Gasteiger partial charge in [0.05, 0.1) is 0 Å². The fourth-order valence-corrected chi connectivity index (χ4v) is 6.39. The van der Waals surface area contributed by atoms with E-state index < -0.39 is 17.6 Å². The van der Waals surface area contributed by atoms with Gasteiger partial charge in [-0.05, 0) is 27.2 Å². The molecule has 0 saturated carbocycles. The van der Waals surface area contributed by atoms with Gasteiger partial charge in [-0.2, -0.15) is 0 Å². The first-order valence-corrected chi connectivity index (χ1v) is 13.4. The molecule has 0 radical (unpaired) electrons. The highest BCUT2D eigenvalue weighted by Gasteiger charge is 2.38. The number of hydrogen-bond donors (Lipinski definition) is 0. The maximum Gasteiger partial charge on any atom is 0.500 e. The van der Waals surface area contributed by atoms with Crippen molar-refractivity contribution >= 4 is 17.6 Å². The Balaban J connectivity index is 0. The highest BCUT2D eigenvalue weighted by atomic mass is 28.4. The average molecular weight is 399 g/mol. The minimum atomic E-state index is -2.27. The first-order chi connectivity index (χ1) is 12.0. The molecule has 0 aliphatic carbocycles. The molecule has 0 fully saturated rings. The molecule has 0 aromatic carbocycles. The van der Waals surface area contributed by atoms with Crippen LogP contribution in [0.2, 0.25) is 12.1 Å². The van der Waals surface area contributed by atoms with E-state index in [1.807, 2.05) is 27.7 Å². The van der Waals surface area contributed by atoms with Gasteiger partial charge in [0.15, 0.2) is 0 Å². The second-order valence-corrected chi connectivity index (χ2v) is 11.5. The Hall–Kier alpha value is 0.194. The van der Waals surface area contributed by atoms with Gasteiger partial charge in [-0.25, -0.2) is 0 Å². The molecule has 0 saturated heterocycles. The van der Waals surface area contributed by atoms with Crippen LogP contribution in [-0.4, -0.2) is 58.8 Å². The minimum Gasteiger partial charge on any atom is -0.377 e. The van der Waals surface area contributed by atoms with Crippen molar-refractivity contribution in [2.24, 2.45) is 0 Å². The lowest BCUT2D eigenvalue weighted by Gasteiger charge is -2.26. The van der Waals surface area contributed by atoms with Gasteiger partial charge in [0.2, 0.25) is 0 Å². The molecule has 0 N–H and O–H groups in total. The van der Waals surface area contributed by atoms with Crippen molar-refractivity contribution in [3.05, 3.63) is 0 Å². The summed E-state index contributed by atoms with van der Waals surface area (Å²) in [6.07, 6.45) is 4.90. The van der Waals surface area contributed by atoms with E-state index in [1.165, 1.54) is 19.3 Å². The fraction of sp³-hybridized carbons (Fsp3) is 1.00. The molecular weight excluding hydrogens is 356 g/mol. The predicted octanol–water partition coefficient (Wildman–Crippen LogP) is 4.50. The smallest absolute Gasteiger partial charge is 0.377 e. The number of unbranched alkanes of at least 4 members (excludes halogenated alkanes) is 3. The van der Waals surface area contributed by atoms with Crippen molar-refractivity contribution in [1.29, 1.82) is 0 Å². The van der Waals surface area contributed by atoms with Crippen molar-refractivity contribution in [1.82, 2.24) is 0 Å². The Bertz CT molecular complexity index is 253. The molecule has 0 aromatic rings. The molecule has 8 heteroatoms. The van der Waals surface area contributed by atoms with Crippen molar-refractivity contribution in [2.45, 2.75) is 72.4 Å². The van der Waals surface area contributed by atoms with Crippen LogP contribution in [0.5, 0.6) is 0 Å². The van der Waals surface area contributed by atoms with Crippen LogP contribution in [0, 0.1) is 0 Å². The zero-order chi connectivity index (χ0) is 19.6. The first kappa shape index (κ1) is 27.4. The average Bonchev–Trinajstić information content (AvgIpc) is 2.64. The van der Waals surface area contributed by atoms with E-state index in [0.29, 0.717) is 19.8 Å². The highest BCUT2D eigenvalue weighted by molar-refractivity contribution is 6.60. The molecular formula is C17H42O6Si2. The predicted molar refractivity (Wildman–Crippen MR) is 107 cm³/mol. The van der Waals surface area contributed by atoms with Crippen LogP contribution in [-0.2, 0) is 26.6 Å². The molecule has 6 nitrogen and oxygen atoms in total. The quantitative estimate of drug-likeness (QED) is 0.299. The molecule has 0 heterocycles. The lowest BCUT2D eigenvalue weighted by Crippen LogP contribution is -2.45. The van der Waals surface area contributed by atoms with Crippen LogP contribution in [0.4, 0.5) is 0 Å². The summed E-state index contributed by atoms with van der Waals surface area (Å²) in [5, 5.41) is 0. The minimum absolute atomic E-state index is 0.667. The molecule has 0 unspecified atom stereocenters. The molecule has 25 heavy (non-hydrogen) atoms. The van der Waals surface area contributed by atoms with Crippen LogP contribution in [0.15, 0.2) is 0 Å². The molecule has 0 aliphatic rings. The molecule has 0 bridgehead atoms. The van der Waals surface area contributed by atoms with E-state index in [-0.39, 0.29) is 0 Å². The normalized spacial score (nSPS) is 12.0. The van der Waals surface area contributed by atoms with E-state index >= 15 is 0 Å². The monoisotopic (exact) mass is 398 g/mol. The molecule has 0 spiro atoms. The summed E-state index contributed by atoms with van der Waals surface area (Å²) in [6.45, 7) is 12.2. The summed E-state index contributed by atoms with van der Waals surface area (Å²) in [5.41, 5.74) is 0. The summed E-state index contributed by atoms with van der Waals surface area (Å²) in [4.78, 5) is 0. The van der Waals surface area contributed by atoms with Gasteiger partial charge in [-0.1, -0.05) is 33.1 Å². The number of hydrogen-bond acceptors (Lipinski definition) is 6. The summed E-state index contributed by atoms with van der Waals surface area (Å²) in [5.74, 6) is 0. The summed E-state index contributed by atoms with van der Waals surface area (Å²) < 4.78 is 32.6. The van der Waals surface area contributed by atoms with E-state index in [0.717, 1.165) is 18.5 Å². The van der Waals surface area contributed by atoms with Gasteiger partial charge in [-0.15, -0.1) is 0 Å². The zero-order valence-electron chi connectivity index (χ0n) is 17.8. The zero-order valence-corrected chi connectivity index (χ0v) is 19.8.